The van der Waals surface area contributed by atoms with Gasteiger partial charge in [0.15, 0.2) is 23.9 Å². The summed E-state index contributed by atoms with van der Waals surface area (Å²) < 4.78 is 13.7. The van der Waals surface area contributed by atoms with Gasteiger partial charge in [0.25, 0.3) is 11.6 Å². The molecule has 0 N–H and O–H groups in total. The Balaban J connectivity index is 1.57. The van der Waals surface area contributed by atoms with Gasteiger partial charge in [0.1, 0.15) is 5.57 Å². The molecular formula is C28H22N4O5. The molecule has 4 heterocycles. The Morgan fingerprint density at radius 1 is 0.919 bits per heavy atom. The van der Waals surface area contributed by atoms with Gasteiger partial charge in [-0.05, 0) is 36.6 Å². The molecule has 0 unspecified atom stereocenters. The maximum absolute atomic E-state index is 14.0. The molecule has 0 radical (unpaired) electrons. The predicted molar refractivity (Wildman–Crippen MR) is 132 cm³/mol. The second-order valence-electron chi connectivity index (χ2n) is 8.61. The van der Waals surface area contributed by atoms with Gasteiger partial charge >= 0.3 is 5.91 Å². The lowest BCUT2D eigenvalue weighted by Crippen LogP contribution is -2.39. The molecule has 0 spiro atoms. The second kappa shape index (κ2) is 8.94. The zero-order valence-corrected chi connectivity index (χ0v) is 20.0. The van der Waals surface area contributed by atoms with E-state index in [-0.39, 0.29) is 23.6 Å². The number of carbonyl (C=O) groups is 2. The van der Waals surface area contributed by atoms with Gasteiger partial charge in [-0.1, -0.05) is 37.6 Å². The van der Waals surface area contributed by atoms with E-state index in [9.17, 15) is 14.7 Å². The summed E-state index contributed by atoms with van der Waals surface area (Å²) in [5.74, 6) is -0.632. The molecule has 2 aromatic carbocycles. The van der Waals surface area contributed by atoms with E-state index < -0.39 is 17.7 Å². The summed E-state index contributed by atoms with van der Waals surface area (Å²) in [5, 5.41) is 18.4. The molecule has 37 heavy (non-hydrogen) atoms. The fourth-order valence-corrected chi connectivity index (χ4v) is 4.64. The molecule has 0 bridgehead atoms. The van der Waals surface area contributed by atoms with E-state index in [2.05, 4.69) is 5.10 Å². The number of ether oxygens (including phenoxy) is 2. The lowest BCUT2D eigenvalue weighted by molar-refractivity contribution is -0.576. The molecular weight excluding hydrogens is 472 g/mol. The molecule has 0 fully saturated rings. The minimum atomic E-state index is -0.600. The highest BCUT2D eigenvalue weighted by Gasteiger charge is 2.47. The van der Waals surface area contributed by atoms with E-state index in [1.54, 1.807) is 59.4 Å². The number of anilines is 1. The smallest absolute Gasteiger partial charge is 0.331 e. The summed E-state index contributed by atoms with van der Waals surface area (Å²) in [6, 6.07) is 19.2. The maximum atomic E-state index is 14.0. The number of fused-ring (bicyclic) bond motifs is 1. The van der Waals surface area contributed by atoms with Crippen molar-refractivity contribution in [3.8, 4) is 23.1 Å². The molecule has 2 aliphatic rings. The zero-order valence-electron chi connectivity index (χ0n) is 20.0. The molecule has 4 aromatic rings. The topological polar surface area (TPSA) is 101 Å². The Kier molecular flexibility index (Phi) is 5.45. The first-order valence-electron chi connectivity index (χ1n) is 11.9. The number of imide groups is 1. The first kappa shape index (κ1) is 22.5. The van der Waals surface area contributed by atoms with Crippen molar-refractivity contribution in [3.63, 3.8) is 0 Å². The minimum Gasteiger partial charge on any atom is -0.858 e. The van der Waals surface area contributed by atoms with Gasteiger partial charge < -0.3 is 14.6 Å². The number of nitrogens with zero attached hydrogens (tertiary/aromatic N) is 4. The fraction of sp³-hybridized carbons (Fsp3) is 0.143. The molecule has 2 amide bonds. The first-order chi connectivity index (χ1) is 18.1. The predicted octanol–water partition coefficient (Wildman–Crippen LogP) is 2.86. The summed E-state index contributed by atoms with van der Waals surface area (Å²) >= 11 is 0. The van der Waals surface area contributed by atoms with Crippen molar-refractivity contribution in [2.75, 3.05) is 11.7 Å². The summed E-state index contributed by atoms with van der Waals surface area (Å²) in [7, 11) is 0. The van der Waals surface area contributed by atoms with Crippen molar-refractivity contribution in [3.05, 3.63) is 90.4 Å². The Hall–Kier alpha value is -4.92. The van der Waals surface area contributed by atoms with E-state index in [1.165, 1.54) is 4.68 Å². The van der Waals surface area contributed by atoms with Crippen molar-refractivity contribution >= 4 is 28.8 Å². The molecule has 0 atom stereocenters. The number of hydrogen-bond donors (Lipinski definition) is 0. The van der Waals surface area contributed by atoms with Crippen LogP contribution < -0.4 is 24.0 Å². The van der Waals surface area contributed by atoms with Crippen LogP contribution in [0.3, 0.4) is 0 Å². The summed E-state index contributed by atoms with van der Waals surface area (Å²) in [6.07, 6.45) is 4.52. The van der Waals surface area contributed by atoms with Gasteiger partial charge in [-0.3, -0.25) is 9.59 Å². The number of hydrogen-bond acceptors (Lipinski definition) is 6. The van der Waals surface area contributed by atoms with Crippen molar-refractivity contribution in [2.45, 2.75) is 19.8 Å². The van der Waals surface area contributed by atoms with Crippen LogP contribution in [0.25, 0.3) is 17.0 Å². The first-order valence-corrected chi connectivity index (χ1v) is 11.9. The largest absolute Gasteiger partial charge is 0.858 e. The quantitative estimate of drug-likeness (QED) is 0.302. The van der Waals surface area contributed by atoms with Crippen LogP contribution in [0, 0.1) is 0 Å². The third-order valence-corrected chi connectivity index (χ3v) is 6.30. The van der Waals surface area contributed by atoms with Gasteiger partial charge in [-0.15, -0.1) is 0 Å². The zero-order chi connectivity index (χ0) is 25.5. The van der Waals surface area contributed by atoms with E-state index >= 15 is 0 Å². The van der Waals surface area contributed by atoms with Crippen LogP contribution in [0.1, 0.15) is 24.6 Å². The Labute approximate surface area is 212 Å². The van der Waals surface area contributed by atoms with Gasteiger partial charge in [0.2, 0.25) is 6.79 Å². The molecule has 0 aliphatic carbocycles. The summed E-state index contributed by atoms with van der Waals surface area (Å²) in [6.45, 7) is 2.03. The highest BCUT2D eigenvalue weighted by atomic mass is 16.7. The SMILES string of the molecule is CCCc1nn(-c2ccccc2)c([O-])c1C1=C([n+]2ccccc2)C(=O)N(c2ccc3c(c2)OCO3)C1=O. The summed E-state index contributed by atoms with van der Waals surface area (Å²) in [5.41, 5.74) is 1.62. The van der Waals surface area contributed by atoms with Crippen molar-refractivity contribution in [1.29, 1.82) is 0 Å². The standard InChI is InChI=1S/C28H22N4O5/c1-2-9-20-23(27(34)32(29-20)18-10-5-3-6-11-18)24-25(30-14-7-4-8-15-30)28(35)31(26(24)33)19-12-13-21-22(16-19)37-17-36-21/h3-8,10-16H,2,9,17H2,1H3. The van der Waals surface area contributed by atoms with Crippen molar-refractivity contribution in [1.82, 2.24) is 9.78 Å². The number of carbonyl (C=O) groups excluding carboxylic acids is 2. The van der Waals surface area contributed by atoms with Crippen LogP contribution in [0.4, 0.5) is 5.69 Å². The number of rotatable bonds is 6. The molecule has 9 heteroatoms. The number of para-hydroxylation sites is 1. The van der Waals surface area contributed by atoms with Crippen LogP contribution in [0.2, 0.25) is 0 Å². The highest BCUT2D eigenvalue weighted by Crippen LogP contribution is 2.41. The van der Waals surface area contributed by atoms with Crippen molar-refractivity contribution < 1.29 is 28.7 Å². The maximum Gasteiger partial charge on any atom is 0.331 e. The van der Waals surface area contributed by atoms with Gasteiger partial charge in [0, 0.05) is 23.8 Å². The van der Waals surface area contributed by atoms with E-state index in [0.29, 0.717) is 41.4 Å². The number of aryl methyl sites for hydroxylation is 1. The molecule has 2 aliphatic heterocycles. The molecule has 0 saturated heterocycles. The minimum absolute atomic E-state index is 0.0227. The lowest BCUT2D eigenvalue weighted by Gasteiger charge is -2.16. The Bertz CT molecular complexity index is 1560. The number of benzene rings is 2. The lowest BCUT2D eigenvalue weighted by atomic mass is 10.0. The second-order valence-corrected chi connectivity index (χ2v) is 8.61. The van der Waals surface area contributed by atoms with Crippen LogP contribution in [-0.4, -0.2) is 28.4 Å². The van der Waals surface area contributed by atoms with Crippen LogP contribution >= 0.6 is 0 Å². The Morgan fingerprint density at radius 2 is 1.65 bits per heavy atom. The Morgan fingerprint density at radius 3 is 2.41 bits per heavy atom. The molecule has 9 nitrogen and oxygen atoms in total. The summed E-state index contributed by atoms with van der Waals surface area (Å²) in [4.78, 5) is 29.0. The van der Waals surface area contributed by atoms with E-state index in [4.69, 9.17) is 9.47 Å². The number of aromatic nitrogens is 3. The van der Waals surface area contributed by atoms with Crippen molar-refractivity contribution in [2.24, 2.45) is 0 Å². The van der Waals surface area contributed by atoms with Crippen LogP contribution in [0.5, 0.6) is 17.4 Å². The molecule has 0 saturated carbocycles. The molecule has 184 valence electrons. The molecule has 2 aromatic heterocycles. The fourth-order valence-electron chi connectivity index (χ4n) is 4.64. The van der Waals surface area contributed by atoms with Gasteiger partial charge in [0.05, 0.1) is 17.1 Å². The third kappa shape index (κ3) is 3.63. The average molecular weight is 495 g/mol. The van der Waals surface area contributed by atoms with E-state index in [1.807, 2.05) is 31.2 Å². The van der Waals surface area contributed by atoms with Gasteiger partial charge in [-0.25, -0.2) is 9.58 Å². The monoisotopic (exact) mass is 494 g/mol. The van der Waals surface area contributed by atoms with Gasteiger partial charge in [-0.2, -0.15) is 9.67 Å². The molecule has 6 rings (SSSR count). The third-order valence-electron chi connectivity index (χ3n) is 6.30. The normalized spacial score (nSPS) is 14.7. The highest BCUT2D eigenvalue weighted by molar-refractivity contribution is 6.53. The average Bonchev–Trinajstić information content (AvgIpc) is 3.59. The number of amides is 2. The van der Waals surface area contributed by atoms with Crippen LogP contribution in [-0.2, 0) is 16.0 Å². The number of pyridine rings is 1. The van der Waals surface area contributed by atoms with E-state index in [0.717, 1.165) is 4.90 Å². The van der Waals surface area contributed by atoms with Crippen LogP contribution in [0.15, 0.2) is 79.1 Å².